The Hall–Kier alpha value is -2.04. The van der Waals surface area contributed by atoms with Gasteiger partial charge in [-0.15, -0.1) is 0 Å². The van der Waals surface area contributed by atoms with Crippen LogP contribution in [0.3, 0.4) is 0 Å². The average Bonchev–Trinajstić information content (AvgIpc) is 2.49. The molecule has 1 aromatic carbocycles. The topological polar surface area (TPSA) is 81.4 Å². The molecule has 0 heterocycles. The molecule has 0 aliphatic heterocycles. The van der Waals surface area contributed by atoms with Crippen LogP contribution in [0.5, 0.6) is 5.75 Å². The molecule has 0 bridgehead atoms. The summed E-state index contributed by atoms with van der Waals surface area (Å²) < 4.78 is 5.25. The highest BCUT2D eigenvalue weighted by Crippen LogP contribution is 2.33. The number of carbonyl (C=O) groups excluding carboxylic acids is 2. The standard InChI is InChI=1S/C14H18N2O3/c1-8(17)16-10-5-3-9-4-6-11(15)14(19-2)13(9)12(18)7-10/h4,6,10H,3,5,7,15H2,1-2H3,(H,16,17). The molecule has 102 valence electrons. The average molecular weight is 262 g/mol. The SMILES string of the molecule is COc1c(N)ccc2c1C(=O)CC(NC(C)=O)CC2. The molecule has 0 fully saturated rings. The van der Waals surface area contributed by atoms with Crippen LogP contribution in [-0.2, 0) is 11.2 Å². The van der Waals surface area contributed by atoms with Gasteiger partial charge in [0, 0.05) is 19.4 Å². The minimum Gasteiger partial charge on any atom is -0.494 e. The number of ether oxygens (including phenoxy) is 1. The molecule has 1 aliphatic carbocycles. The smallest absolute Gasteiger partial charge is 0.217 e. The van der Waals surface area contributed by atoms with Crippen LogP contribution in [0.2, 0.25) is 0 Å². The van der Waals surface area contributed by atoms with E-state index in [4.69, 9.17) is 10.5 Å². The summed E-state index contributed by atoms with van der Waals surface area (Å²) in [7, 11) is 1.51. The van der Waals surface area contributed by atoms with Crippen LogP contribution in [0.4, 0.5) is 5.69 Å². The minimum atomic E-state index is -0.122. The molecule has 0 aromatic heterocycles. The van der Waals surface area contributed by atoms with E-state index >= 15 is 0 Å². The van der Waals surface area contributed by atoms with Gasteiger partial charge in [0.15, 0.2) is 11.5 Å². The van der Waals surface area contributed by atoms with E-state index in [1.165, 1.54) is 14.0 Å². The zero-order chi connectivity index (χ0) is 14.0. The van der Waals surface area contributed by atoms with Crippen LogP contribution >= 0.6 is 0 Å². The summed E-state index contributed by atoms with van der Waals surface area (Å²) in [6.45, 7) is 1.46. The van der Waals surface area contributed by atoms with E-state index < -0.39 is 0 Å². The third kappa shape index (κ3) is 2.70. The first-order valence-corrected chi connectivity index (χ1v) is 6.28. The number of aryl methyl sites for hydroxylation is 1. The van der Waals surface area contributed by atoms with Crippen molar-refractivity contribution in [1.29, 1.82) is 0 Å². The molecule has 2 rings (SSSR count). The Kier molecular flexibility index (Phi) is 3.74. The van der Waals surface area contributed by atoms with Crippen molar-refractivity contribution in [1.82, 2.24) is 5.32 Å². The molecule has 1 aromatic rings. The van der Waals surface area contributed by atoms with Crippen molar-refractivity contribution < 1.29 is 14.3 Å². The molecular weight excluding hydrogens is 244 g/mol. The van der Waals surface area contributed by atoms with E-state index in [0.717, 1.165) is 18.4 Å². The molecule has 19 heavy (non-hydrogen) atoms. The van der Waals surface area contributed by atoms with Crippen molar-refractivity contribution in [2.45, 2.75) is 32.2 Å². The number of methoxy groups -OCH3 is 1. The Bertz CT molecular complexity index is 526. The van der Waals surface area contributed by atoms with E-state index in [9.17, 15) is 9.59 Å². The summed E-state index contributed by atoms with van der Waals surface area (Å²) in [5.41, 5.74) is 7.80. The van der Waals surface area contributed by atoms with Crippen LogP contribution in [0.1, 0.15) is 35.7 Å². The molecule has 1 atom stereocenters. The maximum Gasteiger partial charge on any atom is 0.217 e. The van der Waals surface area contributed by atoms with Crippen LogP contribution in [0, 0.1) is 0 Å². The van der Waals surface area contributed by atoms with Crippen molar-refractivity contribution in [2.75, 3.05) is 12.8 Å². The lowest BCUT2D eigenvalue weighted by Crippen LogP contribution is -2.34. The molecule has 1 aliphatic rings. The fourth-order valence-corrected chi connectivity index (χ4v) is 2.54. The summed E-state index contributed by atoms with van der Waals surface area (Å²) in [4.78, 5) is 23.5. The molecule has 5 heteroatoms. The summed E-state index contributed by atoms with van der Waals surface area (Å²) >= 11 is 0. The maximum atomic E-state index is 12.3. The van der Waals surface area contributed by atoms with Gasteiger partial charge in [-0.3, -0.25) is 9.59 Å². The number of hydrogen-bond acceptors (Lipinski definition) is 4. The van der Waals surface area contributed by atoms with Crippen molar-refractivity contribution in [3.05, 3.63) is 23.3 Å². The number of rotatable bonds is 2. The maximum absolute atomic E-state index is 12.3. The van der Waals surface area contributed by atoms with Crippen molar-refractivity contribution in [2.24, 2.45) is 0 Å². The molecule has 0 saturated carbocycles. The zero-order valence-electron chi connectivity index (χ0n) is 11.2. The Balaban J connectivity index is 2.36. The summed E-state index contributed by atoms with van der Waals surface area (Å²) in [6.07, 6.45) is 1.75. The number of benzene rings is 1. The lowest BCUT2D eigenvalue weighted by atomic mass is 10.00. The van der Waals surface area contributed by atoms with Gasteiger partial charge in [0.2, 0.25) is 5.91 Å². The second kappa shape index (κ2) is 5.30. The quantitative estimate of drug-likeness (QED) is 0.622. The van der Waals surface area contributed by atoms with Gasteiger partial charge in [0.1, 0.15) is 0 Å². The van der Waals surface area contributed by atoms with Crippen molar-refractivity contribution in [3.63, 3.8) is 0 Å². The highest BCUT2D eigenvalue weighted by atomic mass is 16.5. The number of carbonyl (C=O) groups is 2. The second-order valence-corrected chi connectivity index (χ2v) is 4.79. The first-order chi connectivity index (χ1) is 9.02. The Morgan fingerprint density at radius 3 is 2.84 bits per heavy atom. The number of anilines is 1. The number of ketones is 1. The Labute approximate surface area is 112 Å². The van der Waals surface area contributed by atoms with Gasteiger partial charge < -0.3 is 15.8 Å². The monoisotopic (exact) mass is 262 g/mol. The third-order valence-electron chi connectivity index (χ3n) is 3.36. The van der Waals surface area contributed by atoms with E-state index in [1.54, 1.807) is 6.07 Å². The number of amides is 1. The van der Waals surface area contributed by atoms with Gasteiger partial charge in [0.05, 0.1) is 18.4 Å². The predicted molar refractivity (Wildman–Crippen MR) is 72.3 cm³/mol. The summed E-state index contributed by atoms with van der Waals surface area (Å²) in [6, 6.07) is 3.49. The number of nitrogen functional groups attached to an aromatic ring is 1. The first kappa shape index (κ1) is 13.4. The van der Waals surface area contributed by atoms with Crippen LogP contribution < -0.4 is 15.8 Å². The molecule has 0 spiro atoms. The van der Waals surface area contributed by atoms with Crippen molar-refractivity contribution in [3.8, 4) is 5.75 Å². The van der Waals surface area contributed by atoms with Gasteiger partial charge in [-0.1, -0.05) is 6.07 Å². The van der Waals surface area contributed by atoms with E-state index in [-0.39, 0.29) is 24.2 Å². The number of Topliss-reactive ketones (excluding diaryl/α,β-unsaturated/α-hetero) is 1. The lowest BCUT2D eigenvalue weighted by Gasteiger charge is -2.14. The van der Waals surface area contributed by atoms with Crippen LogP contribution in [-0.4, -0.2) is 24.8 Å². The molecular formula is C14H18N2O3. The summed E-state index contributed by atoms with van der Waals surface area (Å²) in [5.74, 6) is 0.302. The number of nitrogens with two attached hydrogens (primary N) is 1. The van der Waals surface area contributed by atoms with Crippen LogP contribution in [0.15, 0.2) is 12.1 Å². The largest absolute Gasteiger partial charge is 0.494 e. The van der Waals surface area contributed by atoms with Gasteiger partial charge in [-0.2, -0.15) is 0 Å². The fraction of sp³-hybridized carbons (Fsp3) is 0.429. The fourth-order valence-electron chi connectivity index (χ4n) is 2.54. The van der Waals surface area contributed by atoms with E-state index in [2.05, 4.69) is 5.32 Å². The first-order valence-electron chi connectivity index (χ1n) is 6.28. The highest BCUT2D eigenvalue weighted by molar-refractivity contribution is 6.02. The van der Waals surface area contributed by atoms with E-state index in [1.807, 2.05) is 6.07 Å². The lowest BCUT2D eigenvalue weighted by molar-refractivity contribution is -0.119. The molecule has 1 unspecified atom stereocenters. The normalized spacial score (nSPS) is 18.4. The minimum absolute atomic E-state index is 0.0320. The number of nitrogens with one attached hydrogen (secondary N) is 1. The molecule has 0 saturated heterocycles. The van der Waals surface area contributed by atoms with Gasteiger partial charge in [-0.25, -0.2) is 0 Å². The number of fused-ring (bicyclic) bond motifs is 1. The molecule has 0 radical (unpaired) electrons. The Morgan fingerprint density at radius 2 is 2.21 bits per heavy atom. The third-order valence-corrected chi connectivity index (χ3v) is 3.36. The zero-order valence-corrected chi connectivity index (χ0v) is 11.2. The second-order valence-electron chi connectivity index (χ2n) is 4.79. The summed E-state index contributed by atoms with van der Waals surface area (Å²) in [5, 5.41) is 2.81. The molecule has 5 nitrogen and oxygen atoms in total. The van der Waals surface area contributed by atoms with Crippen LogP contribution in [0.25, 0.3) is 0 Å². The van der Waals surface area contributed by atoms with Gasteiger partial charge in [0.25, 0.3) is 0 Å². The Morgan fingerprint density at radius 1 is 1.47 bits per heavy atom. The van der Waals surface area contributed by atoms with Crippen molar-refractivity contribution >= 4 is 17.4 Å². The predicted octanol–water partition coefficient (Wildman–Crippen LogP) is 1.30. The number of hydrogen-bond donors (Lipinski definition) is 2. The van der Waals surface area contributed by atoms with Gasteiger partial charge >= 0.3 is 0 Å². The van der Waals surface area contributed by atoms with Gasteiger partial charge in [-0.05, 0) is 24.5 Å². The molecule has 1 amide bonds. The highest BCUT2D eigenvalue weighted by Gasteiger charge is 2.26. The molecule has 3 N–H and O–H groups in total. The van der Waals surface area contributed by atoms with E-state index in [0.29, 0.717) is 17.0 Å².